The van der Waals surface area contributed by atoms with Gasteiger partial charge in [-0.1, -0.05) is 19.3 Å². The van der Waals surface area contributed by atoms with Crippen molar-refractivity contribution in [2.45, 2.75) is 44.6 Å². The largest absolute Gasteiger partial charge is 0.329 e. The first-order valence-electron chi connectivity index (χ1n) is 4.72. The summed E-state index contributed by atoms with van der Waals surface area (Å²) >= 11 is 0. The SMILES string of the molecule is CC1(NCCN)CCCCC1. The van der Waals surface area contributed by atoms with Gasteiger partial charge in [-0.15, -0.1) is 0 Å². The van der Waals surface area contributed by atoms with Crippen LogP contribution in [-0.2, 0) is 0 Å². The molecule has 0 amide bonds. The van der Waals surface area contributed by atoms with Crippen molar-refractivity contribution in [3.63, 3.8) is 0 Å². The predicted molar refractivity (Wildman–Crippen MR) is 48.5 cm³/mol. The molecule has 66 valence electrons. The van der Waals surface area contributed by atoms with E-state index in [0.717, 1.165) is 13.1 Å². The van der Waals surface area contributed by atoms with E-state index in [2.05, 4.69) is 12.2 Å². The van der Waals surface area contributed by atoms with E-state index < -0.39 is 0 Å². The minimum atomic E-state index is 0.400. The summed E-state index contributed by atoms with van der Waals surface area (Å²) in [7, 11) is 0. The highest BCUT2D eigenvalue weighted by Crippen LogP contribution is 2.26. The standard InChI is InChI=1S/C9H20N2/c1-9(11-8-7-10)5-3-2-4-6-9/h11H,2-8,10H2,1H3. The smallest absolute Gasteiger partial charge is 0.0153 e. The lowest BCUT2D eigenvalue weighted by atomic mass is 9.83. The zero-order valence-electron chi connectivity index (χ0n) is 7.53. The number of hydrogen-bond acceptors (Lipinski definition) is 2. The summed E-state index contributed by atoms with van der Waals surface area (Å²) in [4.78, 5) is 0. The summed E-state index contributed by atoms with van der Waals surface area (Å²) in [6.45, 7) is 4.05. The highest BCUT2D eigenvalue weighted by atomic mass is 15.0. The van der Waals surface area contributed by atoms with Crippen molar-refractivity contribution in [3.8, 4) is 0 Å². The Morgan fingerprint density at radius 3 is 2.45 bits per heavy atom. The van der Waals surface area contributed by atoms with Crippen LogP contribution in [0.15, 0.2) is 0 Å². The van der Waals surface area contributed by atoms with Gasteiger partial charge in [0.2, 0.25) is 0 Å². The zero-order valence-corrected chi connectivity index (χ0v) is 7.53. The average molecular weight is 156 g/mol. The maximum atomic E-state index is 5.44. The van der Waals surface area contributed by atoms with Gasteiger partial charge in [-0.2, -0.15) is 0 Å². The summed E-state index contributed by atoms with van der Waals surface area (Å²) in [5, 5.41) is 3.52. The molecule has 0 radical (unpaired) electrons. The second kappa shape index (κ2) is 4.07. The van der Waals surface area contributed by atoms with Gasteiger partial charge in [0, 0.05) is 18.6 Å². The summed E-state index contributed by atoms with van der Waals surface area (Å²) in [6, 6.07) is 0. The molecule has 2 heteroatoms. The fourth-order valence-electron chi connectivity index (χ4n) is 1.88. The van der Waals surface area contributed by atoms with E-state index in [4.69, 9.17) is 5.73 Å². The van der Waals surface area contributed by atoms with Crippen LogP contribution in [0.2, 0.25) is 0 Å². The minimum absolute atomic E-state index is 0.400. The number of hydrogen-bond donors (Lipinski definition) is 2. The van der Waals surface area contributed by atoms with E-state index in [9.17, 15) is 0 Å². The zero-order chi connectivity index (χ0) is 8.16. The van der Waals surface area contributed by atoms with E-state index >= 15 is 0 Å². The van der Waals surface area contributed by atoms with Crippen molar-refractivity contribution in [3.05, 3.63) is 0 Å². The molecule has 0 aromatic rings. The lowest BCUT2D eigenvalue weighted by molar-refractivity contribution is 0.257. The Bertz CT molecular complexity index is 106. The van der Waals surface area contributed by atoms with Crippen LogP contribution in [0.3, 0.4) is 0 Å². The molecule has 11 heavy (non-hydrogen) atoms. The van der Waals surface area contributed by atoms with Crippen molar-refractivity contribution in [2.75, 3.05) is 13.1 Å². The van der Waals surface area contributed by atoms with Crippen LogP contribution in [0.5, 0.6) is 0 Å². The molecule has 2 nitrogen and oxygen atoms in total. The van der Waals surface area contributed by atoms with Gasteiger partial charge >= 0.3 is 0 Å². The molecule has 1 aliphatic carbocycles. The molecule has 0 aliphatic heterocycles. The van der Waals surface area contributed by atoms with Gasteiger partial charge in [-0.25, -0.2) is 0 Å². The van der Waals surface area contributed by atoms with E-state index in [1.165, 1.54) is 32.1 Å². The summed E-state index contributed by atoms with van der Waals surface area (Å²) in [5.41, 5.74) is 5.84. The average Bonchev–Trinajstić information content (AvgIpc) is 2.03. The van der Waals surface area contributed by atoms with Gasteiger partial charge in [0.1, 0.15) is 0 Å². The van der Waals surface area contributed by atoms with Crippen molar-refractivity contribution < 1.29 is 0 Å². The molecule has 1 rings (SSSR count). The van der Waals surface area contributed by atoms with Gasteiger partial charge in [-0.05, 0) is 19.8 Å². The molecule has 0 aromatic heterocycles. The van der Waals surface area contributed by atoms with Crippen LogP contribution >= 0.6 is 0 Å². The first kappa shape index (κ1) is 9.01. The summed E-state index contributed by atoms with van der Waals surface area (Å²) in [5.74, 6) is 0. The van der Waals surface area contributed by atoms with Crippen LogP contribution in [0, 0.1) is 0 Å². The third kappa shape index (κ3) is 2.80. The molecule has 0 saturated heterocycles. The maximum absolute atomic E-state index is 5.44. The molecule has 1 saturated carbocycles. The Kier molecular flexibility index (Phi) is 3.34. The molecule has 0 unspecified atom stereocenters. The lowest BCUT2D eigenvalue weighted by Gasteiger charge is -2.34. The van der Waals surface area contributed by atoms with Gasteiger partial charge in [0.15, 0.2) is 0 Å². The van der Waals surface area contributed by atoms with Crippen LogP contribution in [0.4, 0.5) is 0 Å². The lowest BCUT2D eigenvalue weighted by Crippen LogP contribution is -2.45. The van der Waals surface area contributed by atoms with E-state index in [-0.39, 0.29) is 0 Å². The van der Waals surface area contributed by atoms with Crippen molar-refractivity contribution >= 4 is 0 Å². The Labute approximate surface area is 69.5 Å². The second-order valence-corrected chi connectivity index (χ2v) is 3.84. The Hall–Kier alpha value is -0.0800. The quantitative estimate of drug-likeness (QED) is 0.645. The summed E-state index contributed by atoms with van der Waals surface area (Å²) < 4.78 is 0. The number of nitrogens with two attached hydrogens (primary N) is 1. The molecule has 0 bridgehead atoms. The molecular weight excluding hydrogens is 136 g/mol. The Morgan fingerprint density at radius 1 is 1.27 bits per heavy atom. The topological polar surface area (TPSA) is 38.0 Å². The van der Waals surface area contributed by atoms with Gasteiger partial charge in [0.05, 0.1) is 0 Å². The third-order valence-corrected chi connectivity index (χ3v) is 2.65. The van der Waals surface area contributed by atoms with Crippen molar-refractivity contribution in [2.24, 2.45) is 5.73 Å². The van der Waals surface area contributed by atoms with Gasteiger partial charge in [0.25, 0.3) is 0 Å². The fourth-order valence-corrected chi connectivity index (χ4v) is 1.88. The highest BCUT2D eigenvalue weighted by molar-refractivity contribution is 4.85. The van der Waals surface area contributed by atoms with E-state index in [1.54, 1.807) is 0 Å². The Balaban J connectivity index is 2.25. The van der Waals surface area contributed by atoms with E-state index in [0.29, 0.717) is 5.54 Å². The Morgan fingerprint density at radius 2 is 1.91 bits per heavy atom. The van der Waals surface area contributed by atoms with Crippen LogP contribution < -0.4 is 11.1 Å². The monoisotopic (exact) mass is 156 g/mol. The minimum Gasteiger partial charge on any atom is -0.329 e. The van der Waals surface area contributed by atoms with Crippen LogP contribution in [0.25, 0.3) is 0 Å². The van der Waals surface area contributed by atoms with Crippen LogP contribution in [-0.4, -0.2) is 18.6 Å². The van der Waals surface area contributed by atoms with Gasteiger partial charge in [-0.3, -0.25) is 0 Å². The number of nitrogens with one attached hydrogen (secondary N) is 1. The molecular formula is C9H20N2. The van der Waals surface area contributed by atoms with Crippen LogP contribution in [0.1, 0.15) is 39.0 Å². The fraction of sp³-hybridized carbons (Fsp3) is 1.00. The molecule has 0 spiro atoms. The predicted octanol–water partition coefficient (Wildman–Crippen LogP) is 1.26. The molecule has 0 atom stereocenters. The number of rotatable bonds is 3. The third-order valence-electron chi connectivity index (χ3n) is 2.65. The van der Waals surface area contributed by atoms with Crippen molar-refractivity contribution in [1.82, 2.24) is 5.32 Å². The first-order valence-corrected chi connectivity index (χ1v) is 4.72. The molecule has 1 aliphatic rings. The van der Waals surface area contributed by atoms with Crippen molar-refractivity contribution in [1.29, 1.82) is 0 Å². The second-order valence-electron chi connectivity index (χ2n) is 3.84. The first-order chi connectivity index (χ1) is 5.27. The molecule has 0 heterocycles. The molecule has 3 N–H and O–H groups in total. The summed E-state index contributed by atoms with van der Waals surface area (Å²) in [6.07, 6.45) is 6.84. The van der Waals surface area contributed by atoms with E-state index in [1.807, 2.05) is 0 Å². The normalized spacial score (nSPS) is 23.5. The highest BCUT2D eigenvalue weighted by Gasteiger charge is 2.24. The maximum Gasteiger partial charge on any atom is 0.0153 e. The van der Waals surface area contributed by atoms with Gasteiger partial charge < -0.3 is 11.1 Å². The molecule has 1 fully saturated rings. The molecule has 0 aromatic carbocycles.